The van der Waals surface area contributed by atoms with Crippen molar-refractivity contribution in [2.45, 2.75) is 25.9 Å². The average molecular weight is 359 g/mol. The molecule has 1 unspecified atom stereocenters. The van der Waals surface area contributed by atoms with Crippen molar-refractivity contribution < 1.29 is 14.0 Å². The fourth-order valence-electron chi connectivity index (χ4n) is 2.78. The summed E-state index contributed by atoms with van der Waals surface area (Å²) >= 11 is 0. The van der Waals surface area contributed by atoms with Gasteiger partial charge in [0.05, 0.1) is 11.3 Å². The molecule has 1 amide bonds. The Hall–Kier alpha value is -2.60. The second kappa shape index (κ2) is 9.77. The molecule has 1 N–H and O–H groups in total. The Morgan fingerprint density at radius 2 is 2.12 bits per heavy atom. The minimum Gasteiger partial charge on any atom is -0.416 e. The highest BCUT2D eigenvalue weighted by Crippen LogP contribution is 2.26. The number of nitrogens with zero attached hydrogens (tertiary/aromatic N) is 2. The summed E-state index contributed by atoms with van der Waals surface area (Å²) in [6.45, 7) is 6.16. The van der Waals surface area contributed by atoms with Gasteiger partial charge in [-0.15, -0.1) is 6.58 Å². The Morgan fingerprint density at radius 3 is 2.73 bits per heavy atom. The fraction of sp³-hybridized carbons (Fsp3) is 0.350. The van der Waals surface area contributed by atoms with Gasteiger partial charge in [-0.2, -0.15) is 5.48 Å². The number of allylic oxidation sites excluding steroid dienone is 2. The van der Waals surface area contributed by atoms with E-state index in [-0.39, 0.29) is 5.91 Å². The molecule has 6 heteroatoms. The molecule has 2 rings (SSSR count). The van der Waals surface area contributed by atoms with Gasteiger partial charge in [-0.25, -0.2) is 4.39 Å². The van der Waals surface area contributed by atoms with Gasteiger partial charge in [0.1, 0.15) is 12.4 Å². The van der Waals surface area contributed by atoms with Crippen molar-refractivity contribution in [3.05, 3.63) is 66.7 Å². The van der Waals surface area contributed by atoms with E-state index in [2.05, 4.69) is 12.1 Å². The lowest BCUT2D eigenvalue weighted by Crippen LogP contribution is -2.43. The molecule has 0 spiro atoms. The molecule has 0 saturated heterocycles. The van der Waals surface area contributed by atoms with Gasteiger partial charge in [-0.05, 0) is 31.9 Å². The van der Waals surface area contributed by atoms with Crippen LogP contribution in [0.25, 0.3) is 0 Å². The maximum Gasteiger partial charge on any atom is 0.257 e. The van der Waals surface area contributed by atoms with Crippen LogP contribution >= 0.6 is 0 Å². The molecule has 1 aliphatic rings. The average Bonchev–Trinajstić information content (AvgIpc) is 2.68. The highest BCUT2D eigenvalue weighted by molar-refractivity contribution is 5.94. The zero-order valence-electron chi connectivity index (χ0n) is 15.3. The first-order chi connectivity index (χ1) is 12.6. The Morgan fingerprint density at radius 1 is 1.38 bits per heavy atom. The van der Waals surface area contributed by atoms with Gasteiger partial charge in [0.15, 0.2) is 0 Å². The van der Waals surface area contributed by atoms with Crippen LogP contribution in [0, 0.1) is 0 Å². The van der Waals surface area contributed by atoms with Crippen molar-refractivity contribution in [1.82, 2.24) is 10.4 Å². The Balaban J connectivity index is 2.25. The highest BCUT2D eigenvalue weighted by atomic mass is 19.1. The minimum atomic E-state index is -1.19. The zero-order chi connectivity index (χ0) is 18.9. The number of benzene rings is 1. The third-order valence-corrected chi connectivity index (χ3v) is 4.11. The third-order valence-electron chi connectivity index (χ3n) is 4.11. The van der Waals surface area contributed by atoms with E-state index in [0.717, 1.165) is 5.69 Å². The van der Waals surface area contributed by atoms with Crippen molar-refractivity contribution in [1.29, 1.82) is 0 Å². The molecule has 1 aromatic carbocycles. The number of anilines is 1. The number of carbonyl (C=O) groups is 1. The molecule has 0 bridgehead atoms. The molecule has 0 aliphatic carbocycles. The summed E-state index contributed by atoms with van der Waals surface area (Å²) in [6, 6.07) is 9.62. The lowest BCUT2D eigenvalue weighted by atomic mass is 10.1. The molecule has 1 aliphatic heterocycles. The van der Waals surface area contributed by atoms with Gasteiger partial charge in [0.25, 0.3) is 5.91 Å². The van der Waals surface area contributed by atoms with E-state index in [1.165, 1.54) is 13.2 Å². The normalized spacial score (nSPS) is 16.1. The monoisotopic (exact) mass is 359 g/mol. The van der Waals surface area contributed by atoms with Gasteiger partial charge in [-0.1, -0.05) is 24.3 Å². The topological polar surface area (TPSA) is 44.8 Å². The Labute approximate surface area is 154 Å². The van der Waals surface area contributed by atoms with Crippen LogP contribution in [-0.2, 0) is 9.63 Å². The lowest BCUT2D eigenvalue weighted by molar-refractivity contribution is -0.125. The number of hydrogen-bond acceptors (Lipinski definition) is 4. The summed E-state index contributed by atoms with van der Waals surface area (Å²) in [5.41, 5.74) is 4.42. The third kappa shape index (κ3) is 4.95. The molecular weight excluding hydrogens is 333 g/mol. The van der Waals surface area contributed by atoms with E-state index in [4.69, 9.17) is 4.84 Å². The molecule has 0 fully saturated rings. The number of para-hydroxylation sites is 1. The largest absolute Gasteiger partial charge is 0.416 e. The Kier molecular flexibility index (Phi) is 7.41. The summed E-state index contributed by atoms with van der Waals surface area (Å²) in [5, 5.41) is 0. The number of hydrogen-bond donors (Lipinski definition) is 1. The molecule has 1 aromatic rings. The molecule has 26 heavy (non-hydrogen) atoms. The smallest absolute Gasteiger partial charge is 0.257 e. The lowest BCUT2D eigenvalue weighted by Gasteiger charge is -2.36. The van der Waals surface area contributed by atoms with Crippen LogP contribution in [0.5, 0.6) is 0 Å². The van der Waals surface area contributed by atoms with E-state index in [0.29, 0.717) is 37.2 Å². The molecule has 1 atom stereocenters. The maximum absolute atomic E-state index is 14.3. The van der Waals surface area contributed by atoms with E-state index in [1.807, 2.05) is 35.2 Å². The van der Waals surface area contributed by atoms with Crippen molar-refractivity contribution in [2.24, 2.45) is 0 Å². The van der Waals surface area contributed by atoms with Crippen molar-refractivity contribution >= 4 is 11.6 Å². The van der Waals surface area contributed by atoms with Crippen LogP contribution in [0.4, 0.5) is 10.1 Å². The van der Waals surface area contributed by atoms with Crippen LogP contribution in [0.1, 0.15) is 19.8 Å². The summed E-state index contributed by atoms with van der Waals surface area (Å²) in [5.74, 6) is -0.187. The van der Waals surface area contributed by atoms with Crippen LogP contribution < -0.4 is 10.4 Å². The number of alkyl halides is 1. The first kappa shape index (κ1) is 19.7. The molecule has 0 radical (unpaired) electrons. The highest BCUT2D eigenvalue weighted by Gasteiger charge is 2.27. The predicted molar refractivity (Wildman–Crippen MR) is 102 cm³/mol. The standard InChI is InChI=1S/C20H26FN3O2/c1-4-5-9-17(15-26-22-3)20(25)23-12-13-24(19(14-23)16(2)21)18-10-7-6-8-11-18/h4,6-8,10-11,14-16,22H,1,5,9,12-13H2,2-3H3/b17-15+. The van der Waals surface area contributed by atoms with Crippen molar-refractivity contribution in [2.75, 3.05) is 25.0 Å². The maximum atomic E-state index is 14.3. The SMILES string of the molecule is C=CCC/C(=C\ONC)C(=O)N1C=C(C(C)F)N(c2ccccc2)CC1. The number of amides is 1. The van der Waals surface area contributed by atoms with Crippen LogP contribution in [0.15, 0.2) is 66.7 Å². The quantitative estimate of drug-likeness (QED) is 0.334. The van der Waals surface area contributed by atoms with Gasteiger partial charge < -0.3 is 14.6 Å². The van der Waals surface area contributed by atoms with Gasteiger partial charge >= 0.3 is 0 Å². The van der Waals surface area contributed by atoms with Crippen molar-refractivity contribution in [3.63, 3.8) is 0 Å². The number of rotatable bonds is 8. The van der Waals surface area contributed by atoms with E-state index in [9.17, 15) is 9.18 Å². The van der Waals surface area contributed by atoms with E-state index in [1.54, 1.807) is 24.2 Å². The molecular formula is C20H26FN3O2. The molecule has 1 heterocycles. The Bertz CT molecular complexity index is 671. The summed E-state index contributed by atoms with van der Waals surface area (Å²) < 4.78 is 14.3. The summed E-state index contributed by atoms with van der Waals surface area (Å²) in [6.07, 6.45) is 4.73. The molecule has 5 nitrogen and oxygen atoms in total. The van der Waals surface area contributed by atoms with Gasteiger partial charge in [-0.3, -0.25) is 4.79 Å². The number of halogens is 1. The van der Waals surface area contributed by atoms with Crippen molar-refractivity contribution in [3.8, 4) is 0 Å². The molecule has 0 aromatic heterocycles. The van der Waals surface area contributed by atoms with Crippen LogP contribution in [0.2, 0.25) is 0 Å². The predicted octanol–water partition coefficient (Wildman–Crippen LogP) is 3.54. The summed E-state index contributed by atoms with van der Waals surface area (Å²) in [4.78, 5) is 21.4. The second-order valence-corrected chi connectivity index (χ2v) is 5.95. The second-order valence-electron chi connectivity index (χ2n) is 5.95. The number of nitrogens with one attached hydrogen (secondary N) is 1. The van der Waals surface area contributed by atoms with Gasteiger partial charge in [0.2, 0.25) is 0 Å². The first-order valence-electron chi connectivity index (χ1n) is 8.70. The van der Waals surface area contributed by atoms with Crippen LogP contribution in [-0.4, -0.2) is 37.1 Å². The fourth-order valence-corrected chi connectivity index (χ4v) is 2.78. The van der Waals surface area contributed by atoms with Gasteiger partial charge in [0, 0.05) is 32.0 Å². The zero-order valence-corrected chi connectivity index (χ0v) is 15.3. The minimum absolute atomic E-state index is 0.187. The first-order valence-corrected chi connectivity index (χ1v) is 8.70. The van der Waals surface area contributed by atoms with Crippen LogP contribution in [0.3, 0.4) is 0 Å². The van der Waals surface area contributed by atoms with E-state index >= 15 is 0 Å². The number of carbonyl (C=O) groups excluding carboxylic acids is 1. The van der Waals surface area contributed by atoms with E-state index < -0.39 is 6.17 Å². The molecule has 140 valence electrons. The summed E-state index contributed by atoms with van der Waals surface area (Å²) in [7, 11) is 1.62. The number of hydroxylamine groups is 1. The molecule has 0 saturated carbocycles.